The molecule has 0 radical (unpaired) electrons. The number of aromatic nitrogens is 4. The Morgan fingerprint density at radius 3 is 2.60 bits per heavy atom. The van der Waals surface area contributed by atoms with E-state index in [1.165, 1.54) is 23.4 Å². The summed E-state index contributed by atoms with van der Waals surface area (Å²) in [6, 6.07) is 7.98. The van der Waals surface area contributed by atoms with Gasteiger partial charge in [-0.05, 0) is 37.3 Å². The van der Waals surface area contributed by atoms with Gasteiger partial charge in [-0.15, -0.1) is 0 Å². The summed E-state index contributed by atoms with van der Waals surface area (Å²) in [5.74, 6) is 0.336. The molecule has 1 aliphatic rings. The number of carbonyl (C=O) groups excluding carboxylic acids is 1. The highest BCUT2D eigenvalue weighted by molar-refractivity contribution is 7.59. The molecular formula is C22H18ClF3N6O2S. The molecule has 5 rings (SSSR count). The summed E-state index contributed by atoms with van der Waals surface area (Å²) in [5, 5.41) is 7.92. The lowest BCUT2D eigenvalue weighted by Gasteiger charge is -2.32. The molecule has 0 bridgehead atoms. The first-order valence-electron chi connectivity index (χ1n) is 10.1. The number of carbonyl (C=O) groups is 1. The molecule has 2 N–H and O–H groups in total. The van der Waals surface area contributed by atoms with Crippen LogP contribution < -0.4 is 10.6 Å². The number of rotatable bonds is 3. The summed E-state index contributed by atoms with van der Waals surface area (Å²) < 4.78 is 46.3. The second-order valence-electron chi connectivity index (χ2n) is 7.83. The molecule has 4 aromatic rings. The third-order valence-corrected chi connectivity index (χ3v) is 5.85. The number of hydrogen-bond donors (Lipinski definition) is 1. The van der Waals surface area contributed by atoms with Gasteiger partial charge in [0, 0.05) is 30.1 Å². The second-order valence-corrected chi connectivity index (χ2v) is 8.23. The van der Waals surface area contributed by atoms with Gasteiger partial charge in [0.25, 0.3) is 5.91 Å². The van der Waals surface area contributed by atoms with Gasteiger partial charge in [-0.1, -0.05) is 16.8 Å². The van der Waals surface area contributed by atoms with Crippen molar-refractivity contribution in [2.45, 2.75) is 19.1 Å². The van der Waals surface area contributed by atoms with E-state index in [0.717, 1.165) is 12.1 Å². The predicted octanol–water partition coefficient (Wildman–Crippen LogP) is 5.19. The topological polar surface area (TPSA) is 103 Å². The predicted molar refractivity (Wildman–Crippen MR) is 129 cm³/mol. The molecule has 0 aliphatic carbocycles. The van der Waals surface area contributed by atoms with Crippen molar-refractivity contribution < 1.29 is 22.5 Å². The number of hydrogen-bond acceptors (Lipinski definition) is 6. The number of pyridine rings is 1. The Hall–Kier alpha value is -3.51. The number of nitrogens with two attached hydrogens (primary N) is 1. The van der Waals surface area contributed by atoms with E-state index in [0.29, 0.717) is 28.4 Å². The van der Waals surface area contributed by atoms with Gasteiger partial charge in [0.05, 0.1) is 28.4 Å². The maximum atomic E-state index is 13.4. The molecule has 1 amide bonds. The Morgan fingerprint density at radius 2 is 1.94 bits per heavy atom. The zero-order valence-electron chi connectivity index (χ0n) is 18.0. The summed E-state index contributed by atoms with van der Waals surface area (Å²) in [6.45, 7) is 2.05. The average molecular weight is 523 g/mol. The van der Waals surface area contributed by atoms with Crippen LogP contribution in [0.15, 0.2) is 53.3 Å². The van der Waals surface area contributed by atoms with Crippen LogP contribution in [0.1, 0.15) is 29.0 Å². The van der Waals surface area contributed by atoms with Gasteiger partial charge < -0.3 is 15.2 Å². The SMILES string of the molecule is C[C@H]1CN(c2ccc(C(F)(F)F)c(Cl)c2)C(=O)c2c(-c3cc(-c4ccc(N)nc4)on3)cnn21.S. The van der Waals surface area contributed by atoms with E-state index in [1.54, 1.807) is 22.9 Å². The normalized spacial score (nSPS) is 15.6. The fourth-order valence-electron chi connectivity index (χ4n) is 3.86. The molecule has 13 heteroatoms. The Labute approximate surface area is 208 Å². The molecule has 8 nitrogen and oxygen atoms in total. The van der Waals surface area contributed by atoms with Crippen LogP contribution in [0.25, 0.3) is 22.6 Å². The number of alkyl halides is 3. The molecular weight excluding hydrogens is 505 g/mol. The van der Waals surface area contributed by atoms with Crippen LogP contribution in [0, 0.1) is 0 Å². The number of nitrogen functional groups attached to an aromatic ring is 1. The number of fused-ring (bicyclic) bond motifs is 1. The highest BCUT2D eigenvalue weighted by atomic mass is 35.5. The second kappa shape index (κ2) is 8.93. The third-order valence-electron chi connectivity index (χ3n) is 5.53. The number of nitrogens with zero attached hydrogens (tertiary/aromatic N) is 5. The van der Waals surface area contributed by atoms with E-state index in [-0.39, 0.29) is 37.5 Å². The minimum Gasteiger partial charge on any atom is -0.384 e. The quantitative estimate of drug-likeness (QED) is 0.397. The molecule has 35 heavy (non-hydrogen) atoms. The van der Waals surface area contributed by atoms with Gasteiger partial charge in [0.1, 0.15) is 17.2 Å². The summed E-state index contributed by atoms with van der Waals surface area (Å²) >= 11 is 5.88. The third kappa shape index (κ3) is 4.34. The minimum atomic E-state index is -4.59. The molecule has 0 fully saturated rings. The minimum absolute atomic E-state index is 0. The van der Waals surface area contributed by atoms with Crippen LogP contribution in [0.4, 0.5) is 24.7 Å². The summed E-state index contributed by atoms with van der Waals surface area (Å²) in [7, 11) is 0. The van der Waals surface area contributed by atoms with E-state index in [9.17, 15) is 18.0 Å². The van der Waals surface area contributed by atoms with Crippen molar-refractivity contribution in [3.05, 3.63) is 65.1 Å². The maximum absolute atomic E-state index is 13.4. The van der Waals surface area contributed by atoms with Crippen LogP contribution in [-0.4, -0.2) is 32.4 Å². The number of halogens is 4. The van der Waals surface area contributed by atoms with E-state index < -0.39 is 22.7 Å². The van der Waals surface area contributed by atoms with Gasteiger partial charge in [0.2, 0.25) is 0 Å². The lowest BCUT2D eigenvalue weighted by molar-refractivity contribution is -0.137. The van der Waals surface area contributed by atoms with Crippen LogP contribution >= 0.6 is 25.1 Å². The first-order chi connectivity index (χ1) is 16.1. The molecule has 0 saturated carbocycles. The zero-order chi connectivity index (χ0) is 24.2. The van der Waals surface area contributed by atoms with Crippen molar-refractivity contribution in [1.82, 2.24) is 19.9 Å². The maximum Gasteiger partial charge on any atom is 0.417 e. The van der Waals surface area contributed by atoms with Gasteiger partial charge in [-0.3, -0.25) is 9.48 Å². The van der Waals surface area contributed by atoms with Crippen molar-refractivity contribution in [2.75, 3.05) is 17.2 Å². The molecule has 4 heterocycles. The first-order valence-corrected chi connectivity index (χ1v) is 10.5. The monoisotopic (exact) mass is 522 g/mol. The lowest BCUT2D eigenvalue weighted by Crippen LogP contribution is -2.42. The highest BCUT2D eigenvalue weighted by Gasteiger charge is 2.37. The summed E-state index contributed by atoms with van der Waals surface area (Å²) in [5.41, 5.74) is 6.60. The van der Waals surface area contributed by atoms with Crippen LogP contribution in [0.3, 0.4) is 0 Å². The van der Waals surface area contributed by atoms with E-state index >= 15 is 0 Å². The average Bonchev–Trinajstić information content (AvgIpc) is 3.43. The van der Waals surface area contributed by atoms with Crippen molar-refractivity contribution >= 4 is 42.5 Å². The molecule has 0 unspecified atom stereocenters. The standard InChI is InChI=1S/C22H16ClF3N6O2.H2S/c1-11-10-31(13-3-4-15(16(23)6-13)22(24,25)26)21(33)20-14(9-29-32(11)20)17-7-18(34-30-17)12-2-5-19(27)28-8-12;/h2-9,11H,10H2,1H3,(H2,27,28);1H2/t11-;/m0./s1. The first kappa shape index (κ1) is 24.6. The fourth-order valence-corrected chi connectivity index (χ4v) is 4.15. The van der Waals surface area contributed by atoms with Gasteiger partial charge in [-0.25, -0.2) is 4.98 Å². The Morgan fingerprint density at radius 1 is 1.17 bits per heavy atom. The largest absolute Gasteiger partial charge is 0.417 e. The van der Waals surface area contributed by atoms with E-state index in [4.69, 9.17) is 21.9 Å². The summed E-state index contributed by atoms with van der Waals surface area (Å²) in [4.78, 5) is 18.8. The fraction of sp³-hybridized carbons (Fsp3) is 0.182. The van der Waals surface area contributed by atoms with Gasteiger partial charge in [-0.2, -0.15) is 31.8 Å². The van der Waals surface area contributed by atoms with Crippen LogP contribution in [0.2, 0.25) is 5.02 Å². The zero-order valence-corrected chi connectivity index (χ0v) is 19.8. The Kier molecular flexibility index (Phi) is 6.28. The van der Waals surface area contributed by atoms with Crippen molar-refractivity contribution in [2.24, 2.45) is 0 Å². The number of benzene rings is 1. The van der Waals surface area contributed by atoms with Gasteiger partial charge >= 0.3 is 6.18 Å². The van der Waals surface area contributed by atoms with E-state index in [1.807, 2.05) is 6.92 Å². The van der Waals surface area contributed by atoms with Crippen molar-refractivity contribution in [3.8, 4) is 22.6 Å². The van der Waals surface area contributed by atoms with Crippen molar-refractivity contribution in [1.29, 1.82) is 0 Å². The molecule has 3 aromatic heterocycles. The molecule has 1 atom stereocenters. The smallest absolute Gasteiger partial charge is 0.384 e. The highest BCUT2D eigenvalue weighted by Crippen LogP contribution is 2.39. The van der Waals surface area contributed by atoms with Crippen molar-refractivity contribution in [3.63, 3.8) is 0 Å². The lowest BCUT2D eigenvalue weighted by atomic mass is 10.1. The molecule has 1 aliphatic heterocycles. The Bertz CT molecular complexity index is 1400. The molecule has 1 aromatic carbocycles. The molecule has 0 spiro atoms. The molecule has 0 saturated heterocycles. The van der Waals surface area contributed by atoms with Gasteiger partial charge in [0.15, 0.2) is 5.76 Å². The number of amides is 1. The van der Waals surface area contributed by atoms with E-state index in [2.05, 4.69) is 15.2 Å². The van der Waals surface area contributed by atoms with Crippen LogP contribution in [-0.2, 0) is 6.18 Å². The molecule has 182 valence electrons. The van der Waals surface area contributed by atoms with Crippen LogP contribution in [0.5, 0.6) is 0 Å². The summed E-state index contributed by atoms with van der Waals surface area (Å²) in [6.07, 6.45) is -1.54. The Balaban J connectivity index is 0.00000289. The number of anilines is 2.